The molecule has 78 valence electrons. The first-order valence-corrected chi connectivity index (χ1v) is 5.72. The van der Waals surface area contributed by atoms with Gasteiger partial charge in [0.2, 0.25) is 0 Å². The number of ether oxygens (including phenoxy) is 1. The van der Waals surface area contributed by atoms with E-state index in [9.17, 15) is 4.39 Å². The zero-order chi connectivity index (χ0) is 10.2. The number of hydrogen-bond acceptors (Lipinski definition) is 3. The highest BCUT2D eigenvalue weighted by Crippen LogP contribution is 2.41. The summed E-state index contributed by atoms with van der Waals surface area (Å²) >= 11 is 1.39. The zero-order valence-corrected chi connectivity index (χ0v) is 9.18. The largest absolute Gasteiger partial charge is 0.375 e. The standard InChI is InChI=1S/C10H14FNOS/c1-7-5-10(11,6-8(2)13-7)9-12-3-4-14-9/h3-4,7-8H,5-6H2,1-2H3. The fourth-order valence-electron chi connectivity index (χ4n) is 2.11. The van der Waals surface area contributed by atoms with Gasteiger partial charge in [0.05, 0.1) is 12.2 Å². The minimum absolute atomic E-state index is 0.0207. The highest BCUT2D eigenvalue weighted by Gasteiger charge is 2.42. The first-order valence-electron chi connectivity index (χ1n) is 4.84. The highest BCUT2D eigenvalue weighted by molar-refractivity contribution is 7.09. The SMILES string of the molecule is CC1CC(F)(c2nccs2)CC(C)O1. The Hall–Kier alpha value is -0.480. The van der Waals surface area contributed by atoms with Gasteiger partial charge in [-0.15, -0.1) is 11.3 Å². The van der Waals surface area contributed by atoms with E-state index in [1.165, 1.54) is 11.3 Å². The van der Waals surface area contributed by atoms with Crippen LogP contribution in [0.25, 0.3) is 0 Å². The summed E-state index contributed by atoms with van der Waals surface area (Å²) in [5.74, 6) is 0. The maximum absolute atomic E-state index is 14.5. The quantitative estimate of drug-likeness (QED) is 0.718. The molecule has 0 amide bonds. The molecule has 2 rings (SSSR count). The molecule has 0 bridgehead atoms. The van der Waals surface area contributed by atoms with Gasteiger partial charge in [0.1, 0.15) is 5.01 Å². The molecular weight excluding hydrogens is 201 g/mol. The lowest BCUT2D eigenvalue weighted by molar-refractivity contribution is -0.101. The molecule has 1 aliphatic rings. The van der Waals surface area contributed by atoms with Crippen LogP contribution in [0.3, 0.4) is 0 Å². The minimum Gasteiger partial charge on any atom is -0.375 e. The zero-order valence-electron chi connectivity index (χ0n) is 8.37. The molecule has 4 heteroatoms. The predicted molar refractivity (Wildman–Crippen MR) is 54.1 cm³/mol. The fraction of sp³-hybridized carbons (Fsp3) is 0.700. The fourth-order valence-corrected chi connectivity index (χ4v) is 2.86. The molecule has 1 fully saturated rings. The summed E-state index contributed by atoms with van der Waals surface area (Å²) < 4.78 is 20.0. The van der Waals surface area contributed by atoms with E-state index in [2.05, 4.69) is 4.98 Å². The van der Waals surface area contributed by atoms with Crippen LogP contribution in [-0.2, 0) is 10.4 Å². The Bertz CT molecular complexity index is 291. The average Bonchev–Trinajstić information content (AvgIpc) is 2.52. The molecule has 1 aromatic heterocycles. The van der Waals surface area contributed by atoms with Crippen molar-refractivity contribution in [3.63, 3.8) is 0 Å². The molecular formula is C10H14FNOS. The second kappa shape index (κ2) is 3.59. The van der Waals surface area contributed by atoms with Crippen molar-refractivity contribution in [3.05, 3.63) is 16.6 Å². The first-order chi connectivity index (χ1) is 6.60. The summed E-state index contributed by atoms with van der Waals surface area (Å²) in [6.07, 6.45) is 2.46. The van der Waals surface area contributed by atoms with Gasteiger partial charge >= 0.3 is 0 Å². The molecule has 0 aliphatic carbocycles. The van der Waals surface area contributed by atoms with Gasteiger partial charge in [-0.2, -0.15) is 0 Å². The van der Waals surface area contributed by atoms with Crippen LogP contribution in [0.15, 0.2) is 11.6 Å². The molecule has 1 aliphatic heterocycles. The van der Waals surface area contributed by atoms with Crippen LogP contribution in [0.2, 0.25) is 0 Å². The van der Waals surface area contributed by atoms with Crippen molar-refractivity contribution < 1.29 is 9.13 Å². The normalized spacial score (nSPS) is 38.5. The van der Waals surface area contributed by atoms with Crippen molar-refractivity contribution in [1.29, 1.82) is 0 Å². The van der Waals surface area contributed by atoms with E-state index in [1.807, 2.05) is 19.2 Å². The predicted octanol–water partition coefficient (Wildman–Crippen LogP) is 2.90. The number of hydrogen-bond donors (Lipinski definition) is 0. The summed E-state index contributed by atoms with van der Waals surface area (Å²) in [4.78, 5) is 4.07. The number of nitrogens with zero attached hydrogens (tertiary/aromatic N) is 1. The van der Waals surface area contributed by atoms with Crippen LogP contribution >= 0.6 is 11.3 Å². The van der Waals surface area contributed by atoms with Gasteiger partial charge in [-0.3, -0.25) is 0 Å². The van der Waals surface area contributed by atoms with Crippen LogP contribution in [0.4, 0.5) is 4.39 Å². The molecule has 2 atom stereocenters. The van der Waals surface area contributed by atoms with Crippen molar-refractivity contribution in [2.75, 3.05) is 0 Å². The van der Waals surface area contributed by atoms with Gasteiger partial charge in [0, 0.05) is 24.4 Å². The molecule has 0 spiro atoms. The van der Waals surface area contributed by atoms with Crippen LogP contribution in [0.5, 0.6) is 0 Å². The average molecular weight is 215 g/mol. The second-order valence-corrected chi connectivity index (χ2v) is 4.86. The monoisotopic (exact) mass is 215 g/mol. The third-order valence-corrected chi connectivity index (χ3v) is 3.45. The summed E-state index contributed by atoms with van der Waals surface area (Å²) in [5, 5.41) is 2.42. The molecule has 2 unspecified atom stereocenters. The van der Waals surface area contributed by atoms with Crippen molar-refractivity contribution in [1.82, 2.24) is 4.98 Å². The third kappa shape index (κ3) is 1.81. The summed E-state index contributed by atoms with van der Waals surface area (Å²) in [6.45, 7) is 3.83. The summed E-state index contributed by atoms with van der Waals surface area (Å²) in [6, 6.07) is 0. The highest BCUT2D eigenvalue weighted by atomic mass is 32.1. The van der Waals surface area contributed by atoms with Gasteiger partial charge in [0.25, 0.3) is 0 Å². The van der Waals surface area contributed by atoms with Crippen LogP contribution in [-0.4, -0.2) is 17.2 Å². The lowest BCUT2D eigenvalue weighted by atomic mass is 9.90. The number of alkyl halides is 1. The van der Waals surface area contributed by atoms with Crippen LogP contribution in [0.1, 0.15) is 31.7 Å². The minimum atomic E-state index is -1.27. The Balaban J connectivity index is 2.22. The van der Waals surface area contributed by atoms with Crippen LogP contribution < -0.4 is 0 Å². The summed E-state index contributed by atoms with van der Waals surface area (Å²) in [7, 11) is 0. The van der Waals surface area contributed by atoms with Crippen molar-refractivity contribution in [3.8, 4) is 0 Å². The summed E-state index contributed by atoms with van der Waals surface area (Å²) in [5.41, 5.74) is -1.27. The Morgan fingerprint density at radius 3 is 2.64 bits per heavy atom. The van der Waals surface area contributed by atoms with Crippen LogP contribution in [0, 0.1) is 0 Å². The molecule has 0 N–H and O–H groups in total. The molecule has 2 nitrogen and oxygen atoms in total. The molecule has 0 radical (unpaired) electrons. The van der Waals surface area contributed by atoms with E-state index in [4.69, 9.17) is 4.74 Å². The van der Waals surface area contributed by atoms with Crippen molar-refractivity contribution in [2.24, 2.45) is 0 Å². The Labute approximate surface area is 87.1 Å². The topological polar surface area (TPSA) is 22.1 Å². The Morgan fingerprint density at radius 1 is 1.50 bits per heavy atom. The molecule has 14 heavy (non-hydrogen) atoms. The van der Waals surface area contributed by atoms with E-state index in [0.717, 1.165) is 0 Å². The number of aromatic nitrogens is 1. The molecule has 1 saturated heterocycles. The lowest BCUT2D eigenvalue weighted by Gasteiger charge is -2.35. The van der Waals surface area contributed by atoms with Gasteiger partial charge < -0.3 is 4.74 Å². The maximum Gasteiger partial charge on any atom is 0.167 e. The maximum atomic E-state index is 14.5. The van der Waals surface area contributed by atoms with E-state index < -0.39 is 5.67 Å². The number of halogens is 1. The van der Waals surface area contributed by atoms with E-state index >= 15 is 0 Å². The van der Waals surface area contributed by atoms with E-state index in [1.54, 1.807) is 6.20 Å². The Morgan fingerprint density at radius 2 is 2.14 bits per heavy atom. The molecule has 2 heterocycles. The Kier molecular flexibility index (Phi) is 2.58. The van der Waals surface area contributed by atoms with Gasteiger partial charge in [0.15, 0.2) is 5.67 Å². The van der Waals surface area contributed by atoms with Gasteiger partial charge in [-0.1, -0.05) is 0 Å². The lowest BCUT2D eigenvalue weighted by Crippen LogP contribution is -2.38. The van der Waals surface area contributed by atoms with E-state index in [-0.39, 0.29) is 12.2 Å². The second-order valence-electron chi connectivity index (χ2n) is 3.97. The molecule has 0 saturated carbocycles. The number of thiazole rings is 1. The molecule has 1 aromatic rings. The van der Waals surface area contributed by atoms with Crippen molar-refractivity contribution in [2.45, 2.75) is 44.6 Å². The number of rotatable bonds is 1. The first kappa shape index (κ1) is 10.1. The van der Waals surface area contributed by atoms with Gasteiger partial charge in [-0.05, 0) is 13.8 Å². The van der Waals surface area contributed by atoms with Crippen molar-refractivity contribution >= 4 is 11.3 Å². The van der Waals surface area contributed by atoms with E-state index in [0.29, 0.717) is 17.8 Å². The smallest absolute Gasteiger partial charge is 0.167 e. The van der Waals surface area contributed by atoms with Gasteiger partial charge in [-0.25, -0.2) is 9.37 Å². The molecule has 0 aromatic carbocycles. The third-order valence-electron chi connectivity index (χ3n) is 2.50.